The predicted octanol–water partition coefficient (Wildman–Crippen LogP) is -0.0655. The number of aryl methyl sites for hydroxylation is 1. The molecule has 0 saturated carbocycles. The van der Waals surface area contributed by atoms with E-state index in [2.05, 4.69) is 30.9 Å². The highest BCUT2D eigenvalue weighted by Crippen LogP contribution is 2.18. The number of hydrogen-bond donors (Lipinski definition) is 4. The van der Waals surface area contributed by atoms with Gasteiger partial charge in [0.05, 0.1) is 12.6 Å². The molecule has 0 aliphatic carbocycles. The maximum Gasteiger partial charge on any atom is 0.374 e. The number of amides is 1. The number of ether oxygens (including phenoxy) is 1. The van der Waals surface area contributed by atoms with Crippen LogP contribution in [0.15, 0.2) is 24.3 Å². The first kappa shape index (κ1) is 22.7. The van der Waals surface area contributed by atoms with Crippen LogP contribution in [0.2, 0.25) is 6.82 Å². The second-order valence-corrected chi connectivity index (χ2v) is 6.61. The number of hydrogen-bond acceptors (Lipinski definition) is 9. The van der Waals surface area contributed by atoms with Crippen molar-refractivity contribution in [3.63, 3.8) is 0 Å². The fraction of sp³-hybridized carbons (Fsp3) is 0.500. The van der Waals surface area contributed by atoms with Gasteiger partial charge in [0.1, 0.15) is 12.4 Å². The van der Waals surface area contributed by atoms with Crippen LogP contribution in [0.3, 0.4) is 0 Å². The van der Waals surface area contributed by atoms with Crippen molar-refractivity contribution in [3.8, 4) is 17.1 Å². The topological polar surface area (TPSA) is 148 Å². The van der Waals surface area contributed by atoms with Crippen LogP contribution >= 0.6 is 0 Å². The van der Waals surface area contributed by atoms with E-state index in [0.29, 0.717) is 43.5 Å². The van der Waals surface area contributed by atoms with Gasteiger partial charge < -0.3 is 26.0 Å². The molecule has 1 unspecified atom stereocenters. The van der Waals surface area contributed by atoms with Crippen LogP contribution in [-0.2, 0) is 4.79 Å². The maximum atomic E-state index is 12.3. The molecule has 2 rings (SSSR count). The first-order valence-corrected chi connectivity index (χ1v) is 9.68. The first-order valence-electron chi connectivity index (χ1n) is 9.68. The van der Waals surface area contributed by atoms with E-state index in [-0.39, 0.29) is 5.91 Å². The third-order valence-corrected chi connectivity index (χ3v) is 4.07. The standard InChI is InChI=1S/C18H28BN7O3/c1-13-23-25-17(26-24-13)14-6-8-15(9-7-14)29-12-11-21-18(27)16(22-19(2)28)5-3-4-10-20/h6-9,16,22,28H,3-5,10-12,20H2,1-2H3,(H,21,27). The molecule has 1 aromatic heterocycles. The van der Waals surface area contributed by atoms with Gasteiger partial charge >= 0.3 is 7.05 Å². The Kier molecular flexibility index (Phi) is 9.41. The Morgan fingerprint density at radius 2 is 1.90 bits per heavy atom. The number of unbranched alkanes of at least 4 members (excludes halogenated alkanes) is 1. The fourth-order valence-corrected chi connectivity index (χ4v) is 2.64. The molecule has 10 nitrogen and oxygen atoms in total. The van der Waals surface area contributed by atoms with Gasteiger partial charge in [0.25, 0.3) is 0 Å². The zero-order valence-electron chi connectivity index (χ0n) is 16.8. The van der Waals surface area contributed by atoms with Gasteiger partial charge in [0.15, 0.2) is 5.82 Å². The number of carbonyl (C=O) groups is 1. The molecule has 1 heterocycles. The van der Waals surface area contributed by atoms with Gasteiger partial charge in [-0.25, -0.2) is 0 Å². The van der Waals surface area contributed by atoms with Crippen molar-refractivity contribution >= 4 is 13.0 Å². The normalized spacial score (nSPS) is 11.7. The van der Waals surface area contributed by atoms with Gasteiger partial charge in [0, 0.05) is 5.56 Å². The highest BCUT2D eigenvalue weighted by molar-refractivity contribution is 6.46. The zero-order chi connectivity index (χ0) is 21.1. The predicted molar refractivity (Wildman–Crippen MR) is 110 cm³/mol. The van der Waals surface area contributed by atoms with Crippen molar-refractivity contribution in [2.75, 3.05) is 19.7 Å². The van der Waals surface area contributed by atoms with Crippen LogP contribution in [-0.4, -0.2) is 64.1 Å². The van der Waals surface area contributed by atoms with Crippen molar-refractivity contribution in [1.29, 1.82) is 0 Å². The van der Waals surface area contributed by atoms with Crippen molar-refractivity contribution < 1.29 is 14.6 Å². The molecule has 5 N–H and O–H groups in total. The zero-order valence-corrected chi connectivity index (χ0v) is 16.8. The number of nitrogens with one attached hydrogen (secondary N) is 2. The van der Waals surface area contributed by atoms with E-state index in [1.807, 2.05) is 12.1 Å². The lowest BCUT2D eigenvalue weighted by molar-refractivity contribution is -0.123. The van der Waals surface area contributed by atoms with Gasteiger partial charge in [-0.15, -0.1) is 20.4 Å². The summed E-state index contributed by atoms with van der Waals surface area (Å²) >= 11 is 0. The molecule has 1 amide bonds. The van der Waals surface area contributed by atoms with Crippen molar-refractivity contribution in [3.05, 3.63) is 30.1 Å². The highest BCUT2D eigenvalue weighted by Gasteiger charge is 2.20. The number of benzene rings is 1. The summed E-state index contributed by atoms with van der Waals surface area (Å²) in [7, 11) is -0.763. The molecule has 0 aliphatic rings. The second kappa shape index (κ2) is 12.0. The summed E-state index contributed by atoms with van der Waals surface area (Å²) in [5, 5.41) is 31.0. The van der Waals surface area contributed by atoms with Gasteiger partial charge in [0.2, 0.25) is 11.7 Å². The monoisotopic (exact) mass is 401 g/mol. The Balaban J connectivity index is 1.76. The molecule has 2 aromatic rings. The molecule has 1 atom stereocenters. The summed E-state index contributed by atoms with van der Waals surface area (Å²) in [5.74, 6) is 1.46. The van der Waals surface area contributed by atoms with E-state index in [0.717, 1.165) is 18.4 Å². The van der Waals surface area contributed by atoms with Gasteiger partial charge in [-0.05, 0) is 57.4 Å². The van der Waals surface area contributed by atoms with Gasteiger partial charge in [-0.3, -0.25) is 4.79 Å². The van der Waals surface area contributed by atoms with Crippen LogP contribution in [0.4, 0.5) is 0 Å². The molecular formula is C18H28BN7O3. The molecule has 0 fully saturated rings. The van der Waals surface area contributed by atoms with E-state index >= 15 is 0 Å². The van der Waals surface area contributed by atoms with Crippen LogP contribution in [0.25, 0.3) is 11.4 Å². The SMILES string of the molecule is CB(O)NC(CCCCN)C(=O)NCCOc1ccc(-c2nnc(C)nn2)cc1. The summed E-state index contributed by atoms with van der Waals surface area (Å²) < 4.78 is 5.65. The van der Waals surface area contributed by atoms with Gasteiger partial charge in [-0.1, -0.05) is 6.42 Å². The third-order valence-electron chi connectivity index (χ3n) is 4.07. The lowest BCUT2D eigenvalue weighted by atomic mass is 9.86. The Morgan fingerprint density at radius 3 is 2.52 bits per heavy atom. The average Bonchev–Trinajstić information content (AvgIpc) is 2.71. The summed E-state index contributed by atoms with van der Waals surface area (Å²) in [4.78, 5) is 12.3. The van der Waals surface area contributed by atoms with Crippen LogP contribution in [0.1, 0.15) is 25.1 Å². The van der Waals surface area contributed by atoms with Crippen molar-refractivity contribution in [2.45, 2.75) is 39.1 Å². The smallest absolute Gasteiger partial charge is 0.374 e. The minimum Gasteiger partial charge on any atom is -0.492 e. The number of nitrogens with zero attached hydrogens (tertiary/aromatic N) is 4. The average molecular weight is 401 g/mol. The molecule has 29 heavy (non-hydrogen) atoms. The highest BCUT2D eigenvalue weighted by atomic mass is 16.5. The molecule has 0 aliphatic heterocycles. The Labute approximate surface area is 170 Å². The number of carbonyl (C=O) groups excluding carboxylic acids is 1. The molecule has 0 radical (unpaired) electrons. The van der Waals surface area contributed by atoms with Crippen LogP contribution < -0.4 is 21.0 Å². The fourth-order valence-electron chi connectivity index (χ4n) is 2.64. The van der Waals surface area contributed by atoms with Crippen LogP contribution in [0.5, 0.6) is 5.75 Å². The molecule has 0 spiro atoms. The molecule has 1 aromatic carbocycles. The quantitative estimate of drug-likeness (QED) is 0.283. The van der Waals surface area contributed by atoms with E-state index < -0.39 is 13.1 Å². The maximum absolute atomic E-state index is 12.3. The third kappa shape index (κ3) is 8.10. The van der Waals surface area contributed by atoms with Gasteiger partial charge in [-0.2, -0.15) is 0 Å². The number of rotatable bonds is 12. The summed E-state index contributed by atoms with van der Waals surface area (Å²) in [6.07, 6.45) is 2.26. The Morgan fingerprint density at radius 1 is 1.21 bits per heavy atom. The minimum absolute atomic E-state index is 0.168. The van der Waals surface area contributed by atoms with Crippen molar-refractivity contribution in [1.82, 2.24) is 30.9 Å². The lowest BCUT2D eigenvalue weighted by Gasteiger charge is -2.19. The minimum atomic E-state index is -0.763. The van der Waals surface area contributed by atoms with E-state index in [1.165, 1.54) is 0 Å². The summed E-state index contributed by atoms with van der Waals surface area (Å²) in [6.45, 7) is 4.56. The van der Waals surface area contributed by atoms with Crippen molar-refractivity contribution in [2.24, 2.45) is 5.73 Å². The molecule has 0 saturated heterocycles. The van der Waals surface area contributed by atoms with E-state index in [1.54, 1.807) is 25.9 Å². The van der Waals surface area contributed by atoms with Crippen LogP contribution in [0, 0.1) is 6.92 Å². The van der Waals surface area contributed by atoms with E-state index in [4.69, 9.17) is 10.5 Å². The Hall–Kier alpha value is -2.63. The number of nitrogens with two attached hydrogens (primary N) is 1. The number of aromatic nitrogens is 4. The first-order chi connectivity index (χ1) is 14.0. The second-order valence-electron chi connectivity index (χ2n) is 6.61. The molecule has 156 valence electrons. The lowest BCUT2D eigenvalue weighted by Crippen LogP contribution is -2.50. The molecule has 11 heteroatoms. The molecule has 0 bridgehead atoms. The van der Waals surface area contributed by atoms with E-state index in [9.17, 15) is 9.82 Å². The Bertz CT molecular complexity index is 744. The summed E-state index contributed by atoms with van der Waals surface area (Å²) in [6, 6.07) is 6.78. The largest absolute Gasteiger partial charge is 0.492 e. The summed E-state index contributed by atoms with van der Waals surface area (Å²) in [5.41, 5.74) is 6.28. The molecular weight excluding hydrogens is 373 g/mol.